The SMILES string of the molecule is COc1cccc(-n2nnc(CC(=O)O)n2)c1. The third-order valence-electron chi connectivity index (χ3n) is 2.05. The molecule has 1 aromatic carbocycles. The molecular formula is C10H10N4O3. The first-order valence-corrected chi connectivity index (χ1v) is 4.84. The Morgan fingerprint density at radius 2 is 2.35 bits per heavy atom. The van der Waals surface area contributed by atoms with Crippen LogP contribution in [-0.4, -0.2) is 38.4 Å². The maximum absolute atomic E-state index is 10.5. The average Bonchev–Trinajstić information content (AvgIpc) is 2.77. The van der Waals surface area contributed by atoms with Gasteiger partial charge in [-0.3, -0.25) is 4.79 Å². The zero-order valence-corrected chi connectivity index (χ0v) is 9.07. The summed E-state index contributed by atoms with van der Waals surface area (Å²) in [5, 5.41) is 20.0. The Bertz CT molecular complexity index is 538. The van der Waals surface area contributed by atoms with Gasteiger partial charge in [0.2, 0.25) is 0 Å². The molecule has 0 saturated heterocycles. The molecule has 1 aromatic heterocycles. The number of methoxy groups -OCH3 is 1. The van der Waals surface area contributed by atoms with E-state index in [1.165, 1.54) is 4.80 Å². The van der Waals surface area contributed by atoms with Crippen molar-refractivity contribution in [3.63, 3.8) is 0 Å². The number of carboxylic acid groups (broad SMARTS) is 1. The summed E-state index contributed by atoms with van der Waals surface area (Å²) in [5.74, 6) is -0.157. The Hall–Kier alpha value is -2.44. The van der Waals surface area contributed by atoms with E-state index in [9.17, 15) is 4.79 Å². The van der Waals surface area contributed by atoms with Crippen LogP contribution in [0.3, 0.4) is 0 Å². The summed E-state index contributed by atoms with van der Waals surface area (Å²) in [5.41, 5.74) is 0.661. The number of benzene rings is 1. The molecule has 0 aliphatic rings. The predicted octanol–water partition coefficient (Wildman–Crippen LogP) is 0.298. The van der Waals surface area contributed by atoms with Gasteiger partial charge in [0.1, 0.15) is 12.2 Å². The average molecular weight is 234 g/mol. The number of aliphatic carboxylic acids is 1. The van der Waals surface area contributed by atoms with Crippen LogP contribution in [0, 0.1) is 0 Å². The van der Waals surface area contributed by atoms with Crippen LogP contribution >= 0.6 is 0 Å². The van der Waals surface area contributed by atoms with E-state index in [1.54, 1.807) is 31.4 Å². The lowest BCUT2D eigenvalue weighted by Gasteiger charge is -2.01. The number of rotatable bonds is 4. The van der Waals surface area contributed by atoms with E-state index in [-0.39, 0.29) is 12.2 Å². The number of carboxylic acids is 1. The normalized spacial score (nSPS) is 10.2. The van der Waals surface area contributed by atoms with Crippen LogP contribution < -0.4 is 4.74 Å². The van der Waals surface area contributed by atoms with E-state index in [0.717, 1.165) is 0 Å². The molecule has 7 nitrogen and oxygen atoms in total. The van der Waals surface area contributed by atoms with Gasteiger partial charge >= 0.3 is 5.97 Å². The maximum Gasteiger partial charge on any atom is 0.311 e. The van der Waals surface area contributed by atoms with Gasteiger partial charge in [-0.15, -0.1) is 15.0 Å². The molecule has 1 N–H and O–H groups in total. The van der Waals surface area contributed by atoms with Gasteiger partial charge in [-0.2, -0.15) is 0 Å². The van der Waals surface area contributed by atoms with Gasteiger partial charge in [0.25, 0.3) is 0 Å². The molecule has 0 saturated carbocycles. The van der Waals surface area contributed by atoms with Crippen LogP contribution in [0.5, 0.6) is 5.75 Å². The summed E-state index contributed by atoms with van der Waals surface area (Å²) in [6, 6.07) is 7.08. The molecule has 0 atom stereocenters. The van der Waals surface area contributed by atoms with E-state index < -0.39 is 5.97 Å². The number of tetrazole rings is 1. The molecule has 0 aliphatic heterocycles. The fourth-order valence-electron chi connectivity index (χ4n) is 1.29. The van der Waals surface area contributed by atoms with Crippen LogP contribution in [0.1, 0.15) is 5.82 Å². The van der Waals surface area contributed by atoms with Crippen LogP contribution in [0.25, 0.3) is 5.69 Å². The monoisotopic (exact) mass is 234 g/mol. The highest BCUT2D eigenvalue weighted by atomic mass is 16.5. The Balaban J connectivity index is 2.26. The second-order valence-electron chi connectivity index (χ2n) is 3.27. The highest BCUT2D eigenvalue weighted by Gasteiger charge is 2.08. The van der Waals surface area contributed by atoms with E-state index in [0.29, 0.717) is 11.4 Å². The number of hydrogen-bond donors (Lipinski definition) is 1. The second-order valence-corrected chi connectivity index (χ2v) is 3.27. The Morgan fingerprint density at radius 1 is 1.53 bits per heavy atom. The van der Waals surface area contributed by atoms with E-state index >= 15 is 0 Å². The summed E-state index contributed by atoms with van der Waals surface area (Å²) in [6.07, 6.45) is -0.246. The topological polar surface area (TPSA) is 90.1 Å². The fourth-order valence-corrected chi connectivity index (χ4v) is 1.29. The van der Waals surface area contributed by atoms with E-state index in [2.05, 4.69) is 15.4 Å². The van der Waals surface area contributed by atoms with Gasteiger partial charge in [-0.1, -0.05) is 6.07 Å². The van der Waals surface area contributed by atoms with Crippen LogP contribution in [0.15, 0.2) is 24.3 Å². The van der Waals surface area contributed by atoms with Gasteiger partial charge in [-0.25, -0.2) is 0 Å². The van der Waals surface area contributed by atoms with Crippen molar-refractivity contribution in [2.45, 2.75) is 6.42 Å². The van der Waals surface area contributed by atoms with Crippen LogP contribution in [-0.2, 0) is 11.2 Å². The van der Waals surface area contributed by atoms with Crippen molar-refractivity contribution < 1.29 is 14.6 Å². The Kier molecular flexibility index (Phi) is 2.99. The molecule has 2 rings (SSSR count). The van der Waals surface area contributed by atoms with Gasteiger partial charge in [0, 0.05) is 6.07 Å². The van der Waals surface area contributed by atoms with Crippen molar-refractivity contribution in [3.8, 4) is 11.4 Å². The first-order chi connectivity index (χ1) is 8.19. The van der Waals surface area contributed by atoms with Crippen molar-refractivity contribution in [2.24, 2.45) is 0 Å². The number of carbonyl (C=O) groups is 1. The summed E-state index contributed by atoms with van der Waals surface area (Å²) < 4.78 is 5.06. The van der Waals surface area contributed by atoms with Crippen molar-refractivity contribution in [2.75, 3.05) is 7.11 Å². The maximum atomic E-state index is 10.5. The summed E-state index contributed by atoms with van der Waals surface area (Å²) in [6.45, 7) is 0. The van der Waals surface area contributed by atoms with E-state index in [4.69, 9.17) is 9.84 Å². The van der Waals surface area contributed by atoms with Crippen molar-refractivity contribution in [1.29, 1.82) is 0 Å². The third-order valence-corrected chi connectivity index (χ3v) is 2.05. The molecule has 88 valence electrons. The summed E-state index contributed by atoms with van der Waals surface area (Å²) >= 11 is 0. The molecule has 7 heteroatoms. The highest BCUT2D eigenvalue weighted by Crippen LogP contribution is 2.14. The molecule has 1 heterocycles. The predicted molar refractivity (Wildman–Crippen MR) is 57.0 cm³/mol. The third kappa shape index (κ3) is 2.57. The lowest BCUT2D eigenvalue weighted by Crippen LogP contribution is -2.03. The highest BCUT2D eigenvalue weighted by molar-refractivity contribution is 5.68. The van der Waals surface area contributed by atoms with E-state index in [1.807, 2.05) is 0 Å². The lowest BCUT2D eigenvalue weighted by molar-refractivity contribution is -0.136. The van der Waals surface area contributed by atoms with Crippen molar-refractivity contribution in [3.05, 3.63) is 30.1 Å². The molecular weight excluding hydrogens is 224 g/mol. The molecule has 2 aromatic rings. The Labute approximate surface area is 96.6 Å². The van der Waals surface area contributed by atoms with Crippen molar-refractivity contribution in [1.82, 2.24) is 20.2 Å². The van der Waals surface area contributed by atoms with Crippen LogP contribution in [0.2, 0.25) is 0 Å². The van der Waals surface area contributed by atoms with Crippen molar-refractivity contribution >= 4 is 5.97 Å². The lowest BCUT2D eigenvalue weighted by atomic mass is 10.3. The first-order valence-electron chi connectivity index (χ1n) is 4.84. The minimum atomic E-state index is -0.991. The second kappa shape index (κ2) is 4.60. The summed E-state index contributed by atoms with van der Waals surface area (Å²) in [7, 11) is 1.56. The largest absolute Gasteiger partial charge is 0.497 e. The van der Waals surface area contributed by atoms with Gasteiger partial charge in [0.05, 0.1) is 12.8 Å². The number of aromatic nitrogens is 4. The quantitative estimate of drug-likeness (QED) is 0.818. The summed E-state index contributed by atoms with van der Waals surface area (Å²) in [4.78, 5) is 11.7. The first kappa shape index (κ1) is 11.1. The number of ether oxygens (including phenoxy) is 1. The molecule has 0 aliphatic carbocycles. The van der Waals surface area contributed by atoms with Crippen LogP contribution in [0.4, 0.5) is 0 Å². The van der Waals surface area contributed by atoms with Gasteiger partial charge in [0.15, 0.2) is 5.82 Å². The molecule has 0 bridgehead atoms. The Morgan fingerprint density at radius 3 is 3.06 bits per heavy atom. The molecule has 0 radical (unpaired) electrons. The number of nitrogens with zero attached hydrogens (tertiary/aromatic N) is 4. The minimum absolute atomic E-state index is 0.167. The standard InChI is InChI=1S/C10H10N4O3/c1-17-8-4-2-3-7(5-8)14-12-9(11-13-14)6-10(15)16/h2-5H,6H2,1H3,(H,15,16). The molecule has 0 fully saturated rings. The van der Waals surface area contributed by atoms with Gasteiger partial charge < -0.3 is 9.84 Å². The minimum Gasteiger partial charge on any atom is -0.497 e. The zero-order chi connectivity index (χ0) is 12.3. The molecule has 0 spiro atoms. The van der Waals surface area contributed by atoms with Gasteiger partial charge in [-0.05, 0) is 17.3 Å². The zero-order valence-electron chi connectivity index (χ0n) is 9.07. The molecule has 0 amide bonds. The molecule has 0 unspecified atom stereocenters. The molecule has 17 heavy (non-hydrogen) atoms. The number of hydrogen-bond acceptors (Lipinski definition) is 5. The smallest absolute Gasteiger partial charge is 0.311 e. The fraction of sp³-hybridized carbons (Fsp3) is 0.200.